The molecule has 1 aromatic rings. The van der Waals surface area contributed by atoms with Crippen LogP contribution in [0.25, 0.3) is 0 Å². The first kappa shape index (κ1) is 14.2. The van der Waals surface area contributed by atoms with Crippen LogP contribution in [0.5, 0.6) is 0 Å². The lowest BCUT2D eigenvalue weighted by Crippen LogP contribution is -2.46. The number of hydrogen-bond acceptors (Lipinski definition) is 4. The molecule has 1 aliphatic carbocycles. The highest BCUT2D eigenvalue weighted by Crippen LogP contribution is 2.48. The SMILES string of the molecule is CC12C(=CC=CC1O)C(=O)Nc1sc(CN3CCCC3)cc12. The number of aliphatic hydroxyl groups is 1. The van der Waals surface area contributed by atoms with E-state index in [0.717, 1.165) is 30.2 Å². The normalized spacial score (nSPS) is 30.7. The number of likely N-dealkylation sites (tertiary alicyclic amines) is 1. The first-order chi connectivity index (χ1) is 10.6. The predicted octanol–water partition coefficient (Wildman–Crippen LogP) is 2.41. The summed E-state index contributed by atoms with van der Waals surface area (Å²) in [4.78, 5) is 16.1. The Bertz CT molecular complexity index is 685. The van der Waals surface area contributed by atoms with Gasteiger partial charge in [0, 0.05) is 22.6 Å². The standard InChI is InChI=1S/C17H20N2O2S/c1-17-12(5-4-6-14(17)20)15(21)18-16-13(17)9-11(22-16)10-19-7-2-3-8-19/h4-6,9,14,20H,2-3,7-8,10H2,1H3,(H,18,21). The lowest BCUT2D eigenvalue weighted by atomic mass is 9.68. The molecule has 0 saturated carbocycles. The van der Waals surface area contributed by atoms with Crippen molar-refractivity contribution >= 4 is 22.2 Å². The molecular weight excluding hydrogens is 296 g/mol. The third kappa shape index (κ3) is 2.00. The van der Waals surface area contributed by atoms with Gasteiger partial charge in [0.15, 0.2) is 0 Å². The van der Waals surface area contributed by atoms with Crippen molar-refractivity contribution in [3.05, 3.63) is 40.3 Å². The van der Waals surface area contributed by atoms with Crippen LogP contribution >= 0.6 is 11.3 Å². The van der Waals surface area contributed by atoms with Crippen LogP contribution in [0.15, 0.2) is 29.9 Å². The zero-order valence-electron chi connectivity index (χ0n) is 12.6. The molecule has 1 amide bonds. The van der Waals surface area contributed by atoms with Crippen molar-refractivity contribution in [1.82, 2.24) is 4.90 Å². The second-order valence-corrected chi connectivity index (χ2v) is 7.64. The van der Waals surface area contributed by atoms with E-state index in [1.54, 1.807) is 23.5 Å². The fourth-order valence-corrected chi connectivity index (χ4v) is 4.94. The summed E-state index contributed by atoms with van der Waals surface area (Å²) in [6.07, 6.45) is 7.24. The maximum Gasteiger partial charge on any atom is 0.253 e. The van der Waals surface area contributed by atoms with Gasteiger partial charge in [0.2, 0.25) is 0 Å². The summed E-state index contributed by atoms with van der Waals surface area (Å²) in [6, 6.07) is 2.17. The summed E-state index contributed by atoms with van der Waals surface area (Å²) in [5, 5.41) is 14.4. The zero-order chi connectivity index (χ0) is 15.3. The number of carbonyl (C=O) groups excluding carboxylic acids is 1. The number of anilines is 1. The number of aliphatic hydroxyl groups excluding tert-OH is 1. The number of allylic oxidation sites excluding steroid dienone is 2. The van der Waals surface area contributed by atoms with E-state index in [1.807, 2.05) is 13.0 Å². The van der Waals surface area contributed by atoms with Crippen molar-refractivity contribution in [2.75, 3.05) is 18.4 Å². The largest absolute Gasteiger partial charge is 0.388 e. The van der Waals surface area contributed by atoms with Crippen LogP contribution in [-0.2, 0) is 16.8 Å². The van der Waals surface area contributed by atoms with Gasteiger partial charge in [-0.05, 0) is 38.9 Å². The molecule has 116 valence electrons. The van der Waals surface area contributed by atoms with Gasteiger partial charge in [0.1, 0.15) is 0 Å². The Kier molecular flexibility index (Phi) is 3.25. The second kappa shape index (κ2) is 5.05. The molecule has 2 unspecified atom stereocenters. The van der Waals surface area contributed by atoms with Crippen molar-refractivity contribution < 1.29 is 9.90 Å². The van der Waals surface area contributed by atoms with Crippen molar-refractivity contribution in [2.24, 2.45) is 0 Å². The van der Waals surface area contributed by atoms with E-state index in [-0.39, 0.29) is 5.91 Å². The number of fused-ring (bicyclic) bond motifs is 3. The molecule has 1 saturated heterocycles. The van der Waals surface area contributed by atoms with Crippen LogP contribution in [0.4, 0.5) is 5.00 Å². The molecule has 4 nitrogen and oxygen atoms in total. The van der Waals surface area contributed by atoms with Crippen molar-refractivity contribution in [3.63, 3.8) is 0 Å². The Hall–Kier alpha value is -1.43. The molecule has 0 radical (unpaired) electrons. The Morgan fingerprint density at radius 2 is 2.23 bits per heavy atom. The zero-order valence-corrected chi connectivity index (χ0v) is 13.4. The molecule has 0 aromatic carbocycles. The van der Waals surface area contributed by atoms with Crippen LogP contribution in [-0.4, -0.2) is 35.1 Å². The molecule has 4 rings (SSSR count). The molecule has 2 N–H and O–H groups in total. The van der Waals surface area contributed by atoms with Crippen LogP contribution in [0.3, 0.4) is 0 Å². The Balaban J connectivity index is 1.73. The smallest absolute Gasteiger partial charge is 0.253 e. The van der Waals surface area contributed by atoms with Crippen LogP contribution in [0, 0.1) is 0 Å². The number of thiophene rings is 1. The summed E-state index contributed by atoms with van der Waals surface area (Å²) < 4.78 is 0. The van der Waals surface area contributed by atoms with Gasteiger partial charge in [-0.3, -0.25) is 9.69 Å². The van der Waals surface area contributed by atoms with Gasteiger partial charge in [0.05, 0.1) is 16.5 Å². The molecule has 1 aromatic heterocycles. The molecule has 2 aliphatic heterocycles. The minimum absolute atomic E-state index is 0.0898. The average molecular weight is 316 g/mol. The Morgan fingerprint density at radius 3 is 3.00 bits per heavy atom. The van der Waals surface area contributed by atoms with Crippen molar-refractivity contribution in [2.45, 2.75) is 37.8 Å². The molecule has 0 bridgehead atoms. The monoisotopic (exact) mass is 316 g/mol. The maximum atomic E-state index is 12.4. The first-order valence-corrected chi connectivity index (χ1v) is 8.64. The minimum Gasteiger partial charge on any atom is -0.388 e. The molecule has 22 heavy (non-hydrogen) atoms. The topological polar surface area (TPSA) is 52.6 Å². The molecule has 5 heteroatoms. The summed E-state index contributed by atoms with van der Waals surface area (Å²) in [7, 11) is 0. The number of nitrogens with one attached hydrogen (secondary N) is 1. The summed E-state index contributed by atoms with van der Waals surface area (Å²) >= 11 is 1.65. The average Bonchev–Trinajstić information content (AvgIpc) is 3.11. The lowest BCUT2D eigenvalue weighted by Gasteiger charge is -2.40. The van der Waals surface area contributed by atoms with Gasteiger partial charge in [-0.2, -0.15) is 0 Å². The lowest BCUT2D eigenvalue weighted by molar-refractivity contribution is -0.114. The predicted molar refractivity (Wildman–Crippen MR) is 88.0 cm³/mol. The third-order valence-electron chi connectivity index (χ3n) is 5.10. The van der Waals surface area contributed by atoms with Crippen molar-refractivity contribution in [3.8, 4) is 0 Å². The van der Waals surface area contributed by atoms with Gasteiger partial charge < -0.3 is 10.4 Å². The van der Waals surface area contributed by atoms with E-state index >= 15 is 0 Å². The molecule has 1 fully saturated rings. The Morgan fingerprint density at radius 1 is 1.45 bits per heavy atom. The van der Waals surface area contributed by atoms with Crippen LogP contribution in [0.2, 0.25) is 0 Å². The quantitative estimate of drug-likeness (QED) is 0.881. The van der Waals surface area contributed by atoms with E-state index in [9.17, 15) is 9.90 Å². The minimum atomic E-state index is -0.661. The fourth-order valence-electron chi connectivity index (χ4n) is 3.73. The van der Waals surface area contributed by atoms with Crippen LogP contribution < -0.4 is 5.32 Å². The number of nitrogens with zero attached hydrogens (tertiary/aromatic N) is 1. The van der Waals surface area contributed by atoms with Gasteiger partial charge >= 0.3 is 0 Å². The summed E-state index contributed by atoms with van der Waals surface area (Å²) in [5.41, 5.74) is 1.07. The highest BCUT2D eigenvalue weighted by atomic mass is 32.1. The Labute approximate surface area is 134 Å². The highest BCUT2D eigenvalue weighted by Gasteiger charge is 2.47. The van der Waals surface area contributed by atoms with Gasteiger partial charge in [0.25, 0.3) is 5.91 Å². The molecule has 3 heterocycles. The molecular formula is C17H20N2O2S. The molecule has 2 atom stereocenters. The fraction of sp³-hybridized carbons (Fsp3) is 0.471. The molecule has 0 spiro atoms. The van der Waals surface area contributed by atoms with E-state index in [2.05, 4.69) is 16.3 Å². The first-order valence-electron chi connectivity index (χ1n) is 7.83. The summed E-state index contributed by atoms with van der Waals surface area (Å²) in [5.74, 6) is -0.0898. The van der Waals surface area contributed by atoms with E-state index in [0.29, 0.717) is 5.57 Å². The summed E-state index contributed by atoms with van der Waals surface area (Å²) in [6.45, 7) is 5.22. The van der Waals surface area contributed by atoms with E-state index in [4.69, 9.17) is 0 Å². The molecule has 3 aliphatic rings. The van der Waals surface area contributed by atoms with E-state index in [1.165, 1.54) is 17.7 Å². The number of rotatable bonds is 2. The van der Waals surface area contributed by atoms with Gasteiger partial charge in [-0.1, -0.05) is 18.2 Å². The van der Waals surface area contributed by atoms with E-state index < -0.39 is 11.5 Å². The van der Waals surface area contributed by atoms with Gasteiger partial charge in [-0.15, -0.1) is 11.3 Å². The van der Waals surface area contributed by atoms with Crippen molar-refractivity contribution in [1.29, 1.82) is 0 Å². The number of hydrogen-bond donors (Lipinski definition) is 2. The van der Waals surface area contributed by atoms with Crippen LogP contribution in [0.1, 0.15) is 30.2 Å². The number of amides is 1. The van der Waals surface area contributed by atoms with Gasteiger partial charge in [-0.25, -0.2) is 0 Å². The highest BCUT2D eigenvalue weighted by molar-refractivity contribution is 7.16. The second-order valence-electron chi connectivity index (χ2n) is 6.51. The third-order valence-corrected chi connectivity index (χ3v) is 6.14. The maximum absolute atomic E-state index is 12.4. The number of carbonyl (C=O) groups is 1.